The predicted molar refractivity (Wildman–Crippen MR) is 108 cm³/mol. The van der Waals surface area contributed by atoms with Crippen molar-refractivity contribution < 1.29 is 4.39 Å². The molecule has 0 amide bonds. The van der Waals surface area contributed by atoms with Crippen molar-refractivity contribution in [2.24, 2.45) is 0 Å². The molecule has 0 aliphatic heterocycles. The molecule has 0 saturated heterocycles. The van der Waals surface area contributed by atoms with Gasteiger partial charge in [0, 0.05) is 30.8 Å². The Labute approximate surface area is 160 Å². The minimum atomic E-state index is -0.234. The summed E-state index contributed by atoms with van der Waals surface area (Å²) in [5.74, 6) is -0.234. The molecule has 5 heteroatoms. The van der Waals surface area contributed by atoms with Gasteiger partial charge in [-0.25, -0.2) is 4.39 Å². The van der Waals surface area contributed by atoms with Crippen molar-refractivity contribution in [1.82, 2.24) is 20.4 Å². The van der Waals surface area contributed by atoms with Gasteiger partial charge in [-0.05, 0) is 48.5 Å². The highest BCUT2D eigenvalue weighted by Gasteiger charge is 2.08. The summed E-state index contributed by atoms with van der Waals surface area (Å²) >= 11 is 0. The second-order valence-corrected chi connectivity index (χ2v) is 6.66. The Morgan fingerprint density at radius 3 is 2.26 bits per heavy atom. The van der Waals surface area contributed by atoms with Gasteiger partial charge in [0.1, 0.15) is 5.82 Å². The molecule has 3 rings (SSSR count). The first-order chi connectivity index (χ1) is 13.2. The molecule has 0 unspecified atom stereocenters. The van der Waals surface area contributed by atoms with Crippen LogP contribution in [0.5, 0.6) is 0 Å². The average molecular weight is 366 g/mol. The molecule has 1 aromatic heterocycles. The number of halogens is 1. The maximum Gasteiger partial charge on any atom is 0.123 e. The van der Waals surface area contributed by atoms with Gasteiger partial charge >= 0.3 is 0 Å². The van der Waals surface area contributed by atoms with Crippen LogP contribution >= 0.6 is 0 Å². The van der Waals surface area contributed by atoms with E-state index in [2.05, 4.69) is 58.5 Å². The van der Waals surface area contributed by atoms with Gasteiger partial charge in [-0.3, -0.25) is 10.00 Å². The highest BCUT2D eigenvalue weighted by Crippen LogP contribution is 2.21. The summed E-state index contributed by atoms with van der Waals surface area (Å²) in [5, 5.41) is 10.6. The van der Waals surface area contributed by atoms with E-state index in [0.29, 0.717) is 6.54 Å². The van der Waals surface area contributed by atoms with Gasteiger partial charge in [-0.15, -0.1) is 0 Å². The summed E-state index contributed by atoms with van der Waals surface area (Å²) in [6.07, 6.45) is 1.82. The van der Waals surface area contributed by atoms with Crippen molar-refractivity contribution in [2.45, 2.75) is 33.5 Å². The molecule has 0 atom stereocenters. The highest BCUT2D eigenvalue weighted by atomic mass is 19.1. The molecule has 0 fully saturated rings. The molecule has 0 aliphatic carbocycles. The van der Waals surface area contributed by atoms with Crippen LogP contribution in [0.1, 0.15) is 30.5 Å². The van der Waals surface area contributed by atoms with Gasteiger partial charge < -0.3 is 5.32 Å². The number of aromatic amines is 1. The van der Waals surface area contributed by atoms with Crippen LogP contribution in [0.15, 0.2) is 54.7 Å². The minimum absolute atomic E-state index is 0.234. The number of aromatic nitrogens is 2. The van der Waals surface area contributed by atoms with E-state index in [1.54, 1.807) is 12.1 Å². The van der Waals surface area contributed by atoms with Gasteiger partial charge in [-0.1, -0.05) is 38.1 Å². The van der Waals surface area contributed by atoms with Crippen LogP contribution in [0.3, 0.4) is 0 Å². The maximum absolute atomic E-state index is 13.1. The second-order valence-electron chi connectivity index (χ2n) is 6.66. The summed E-state index contributed by atoms with van der Waals surface area (Å²) in [6, 6.07) is 15.2. The molecule has 0 spiro atoms. The Balaban J connectivity index is 1.55. The van der Waals surface area contributed by atoms with Crippen LogP contribution in [0.2, 0.25) is 0 Å². The predicted octanol–water partition coefficient (Wildman–Crippen LogP) is 4.35. The number of nitrogens with zero attached hydrogens (tertiary/aromatic N) is 2. The number of hydrogen-bond donors (Lipinski definition) is 2. The zero-order chi connectivity index (χ0) is 19.1. The van der Waals surface area contributed by atoms with E-state index < -0.39 is 0 Å². The number of H-pyrrole nitrogens is 1. The standard InChI is InChI=1S/C22H27FN4/c1-3-27(4-2)16-18-7-5-17(6-8-18)13-24-14-20-15-25-26-22(20)19-9-11-21(23)12-10-19/h5-12,15,24H,3-4,13-14,16H2,1-2H3,(H,25,26). The van der Waals surface area contributed by atoms with Crippen molar-refractivity contribution in [1.29, 1.82) is 0 Å². The third-order valence-electron chi connectivity index (χ3n) is 4.82. The van der Waals surface area contributed by atoms with Crippen molar-refractivity contribution >= 4 is 0 Å². The van der Waals surface area contributed by atoms with Crippen molar-refractivity contribution in [2.75, 3.05) is 13.1 Å². The minimum Gasteiger partial charge on any atom is -0.308 e. The average Bonchev–Trinajstić information content (AvgIpc) is 3.16. The van der Waals surface area contributed by atoms with Crippen molar-refractivity contribution in [3.8, 4) is 11.3 Å². The monoisotopic (exact) mass is 366 g/mol. The third-order valence-corrected chi connectivity index (χ3v) is 4.82. The largest absolute Gasteiger partial charge is 0.308 e. The van der Waals surface area contributed by atoms with E-state index in [1.165, 1.54) is 23.3 Å². The fourth-order valence-corrected chi connectivity index (χ4v) is 3.12. The first kappa shape index (κ1) is 19.3. The van der Waals surface area contributed by atoms with E-state index in [9.17, 15) is 4.39 Å². The Hall–Kier alpha value is -2.50. The Kier molecular flexibility index (Phi) is 6.74. The first-order valence-electron chi connectivity index (χ1n) is 9.48. The quantitative estimate of drug-likeness (QED) is 0.592. The molecule has 0 aliphatic rings. The van der Waals surface area contributed by atoms with E-state index in [0.717, 1.165) is 43.0 Å². The van der Waals surface area contributed by atoms with Gasteiger partial charge in [0.05, 0.1) is 11.9 Å². The van der Waals surface area contributed by atoms with Crippen LogP contribution < -0.4 is 5.32 Å². The molecule has 27 heavy (non-hydrogen) atoms. The smallest absolute Gasteiger partial charge is 0.123 e. The highest BCUT2D eigenvalue weighted by molar-refractivity contribution is 5.62. The van der Waals surface area contributed by atoms with Crippen LogP contribution in [0.4, 0.5) is 4.39 Å². The molecule has 4 nitrogen and oxygen atoms in total. The summed E-state index contributed by atoms with van der Waals surface area (Å²) < 4.78 is 13.1. The molecule has 2 N–H and O–H groups in total. The topological polar surface area (TPSA) is 44.0 Å². The molecule has 0 radical (unpaired) electrons. The lowest BCUT2D eigenvalue weighted by Gasteiger charge is -2.18. The number of hydrogen-bond acceptors (Lipinski definition) is 3. The maximum atomic E-state index is 13.1. The van der Waals surface area contributed by atoms with E-state index >= 15 is 0 Å². The lowest BCUT2D eigenvalue weighted by atomic mass is 10.1. The van der Waals surface area contributed by atoms with Crippen molar-refractivity contribution in [3.05, 3.63) is 77.2 Å². The summed E-state index contributed by atoms with van der Waals surface area (Å²) in [7, 11) is 0. The molecule has 2 aromatic carbocycles. The second kappa shape index (κ2) is 9.44. The Morgan fingerprint density at radius 1 is 0.926 bits per heavy atom. The fraction of sp³-hybridized carbons (Fsp3) is 0.318. The summed E-state index contributed by atoms with van der Waals surface area (Å²) in [4.78, 5) is 2.41. The van der Waals surface area contributed by atoms with Crippen LogP contribution in [0.25, 0.3) is 11.3 Å². The zero-order valence-electron chi connectivity index (χ0n) is 16.0. The molecule has 3 aromatic rings. The third kappa shape index (κ3) is 5.25. The lowest BCUT2D eigenvalue weighted by molar-refractivity contribution is 0.296. The van der Waals surface area contributed by atoms with Crippen LogP contribution in [0, 0.1) is 5.82 Å². The van der Waals surface area contributed by atoms with Gasteiger partial charge in [0.25, 0.3) is 0 Å². The molecular formula is C22H27FN4. The molecular weight excluding hydrogens is 339 g/mol. The van der Waals surface area contributed by atoms with Crippen LogP contribution in [-0.2, 0) is 19.6 Å². The zero-order valence-corrected chi connectivity index (χ0v) is 16.0. The van der Waals surface area contributed by atoms with Crippen molar-refractivity contribution in [3.63, 3.8) is 0 Å². The fourth-order valence-electron chi connectivity index (χ4n) is 3.12. The SMILES string of the molecule is CCN(CC)Cc1ccc(CNCc2cn[nH]c2-c2ccc(F)cc2)cc1. The first-order valence-corrected chi connectivity index (χ1v) is 9.48. The molecule has 0 saturated carbocycles. The van der Waals surface area contributed by atoms with Gasteiger partial charge in [-0.2, -0.15) is 5.10 Å². The number of rotatable bonds is 9. The van der Waals surface area contributed by atoms with E-state index in [1.807, 2.05) is 6.20 Å². The Morgan fingerprint density at radius 2 is 1.59 bits per heavy atom. The number of nitrogens with one attached hydrogen (secondary N) is 2. The van der Waals surface area contributed by atoms with E-state index in [4.69, 9.17) is 0 Å². The van der Waals surface area contributed by atoms with Gasteiger partial charge in [0.2, 0.25) is 0 Å². The summed E-state index contributed by atoms with van der Waals surface area (Å²) in [6.45, 7) is 9.01. The molecule has 1 heterocycles. The normalized spacial score (nSPS) is 11.3. The van der Waals surface area contributed by atoms with Gasteiger partial charge in [0.15, 0.2) is 0 Å². The van der Waals surface area contributed by atoms with Crippen LogP contribution in [-0.4, -0.2) is 28.2 Å². The molecule has 0 bridgehead atoms. The Bertz CT molecular complexity index is 820. The lowest BCUT2D eigenvalue weighted by Crippen LogP contribution is -2.22. The molecule has 142 valence electrons. The van der Waals surface area contributed by atoms with E-state index in [-0.39, 0.29) is 5.82 Å². The number of benzene rings is 2. The summed E-state index contributed by atoms with van der Waals surface area (Å²) in [5.41, 5.74) is 5.53.